The van der Waals surface area contributed by atoms with E-state index in [1.807, 2.05) is 0 Å². The second-order valence-electron chi connectivity index (χ2n) is 9.01. The van der Waals surface area contributed by atoms with E-state index in [0.29, 0.717) is 38.3 Å². The number of carbonyl (C=O) groups excluding carboxylic acids is 3. The van der Waals surface area contributed by atoms with Crippen molar-refractivity contribution in [3.05, 3.63) is 34.6 Å². The predicted molar refractivity (Wildman–Crippen MR) is 117 cm³/mol. The number of carbonyl (C=O) groups is 3. The van der Waals surface area contributed by atoms with E-state index < -0.39 is 5.82 Å². The van der Waals surface area contributed by atoms with Crippen molar-refractivity contribution in [3.63, 3.8) is 0 Å². The minimum Gasteiger partial charge on any atom is -0.450 e. The van der Waals surface area contributed by atoms with Crippen LogP contribution in [-0.2, 0) is 9.53 Å². The van der Waals surface area contributed by atoms with Crippen LogP contribution in [-0.4, -0.2) is 66.5 Å². The van der Waals surface area contributed by atoms with Crippen LogP contribution in [0.5, 0.6) is 0 Å². The summed E-state index contributed by atoms with van der Waals surface area (Å²) < 4.78 is 18.4. The summed E-state index contributed by atoms with van der Waals surface area (Å²) in [7, 11) is 0. The lowest BCUT2D eigenvalue weighted by Gasteiger charge is -2.34. The molecule has 174 valence electrons. The molecule has 1 aromatic carbocycles. The maximum absolute atomic E-state index is 13.4. The zero-order valence-corrected chi connectivity index (χ0v) is 19.0. The lowest BCUT2D eigenvalue weighted by atomic mass is 9.90. The Kier molecular flexibility index (Phi) is 6.60. The summed E-state index contributed by atoms with van der Waals surface area (Å²) in [6.45, 7) is 4.48. The minimum absolute atomic E-state index is 0.0110. The molecular formula is C23H29ClFN3O4. The van der Waals surface area contributed by atoms with Gasteiger partial charge in [0.25, 0.3) is 5.91 Å². The molecule has 0 bridgehead atoms. The molecule has 32 heavy (non-hydrogen) atoms. The van der Waals surface area contributed by atoms with Crippen LogP contribution in [0.4, 0.5) is 9.18 Å². The van der Waals surface area contributed by atoms with Gasteiger partial charge in [-0.15, -0.1) is 0 Å². The van der Waals surface area contributed by atoms with Crippen molar-refractivity contribution in [1.82, 2.24) is 15.1 Å². The minimum atomic E-state index is -0.542. The third kappa shape index (κ3) is 4.70. The first-order chi connectivity index (χ1) is 15.3. The topological polar surface area (TPSA) is 79.0 Å². The molecule has 1 atom stereocenters. The maximum atomic E-state index is 13.4. The van der Waals surface area contributed by atoms with Crippen molar-refractivity contribution in [3.8, 4) is 0 Å². The number of rotatable bonds is 4. The zero-order chi connectivity index (χ0) is 22.9. The van der Waals surface area contributed by atoms with Crippen LogP contribution in [0.25, 0.3) is 0 Å². The summed E-state index contributed by atoms with van der Waals surface area (Å²) in [6.07, 6.45) is 3.59. The van der Waals surface area contributed by atoms with Crippen molar-refractivity contribution in [2.45, 2.75) is 45.1 Å². The van der Waals surface area contributed by atoms with E-state index in [-0.39, 0.29) is 40.3 Å². The molecule has 1 N–H and O–H groups in total. The molecule has 0 radical (unpaired) electrons. The number of hydrogen-bond acceptors (Lipinski definition) is 4. The van der Waals surface area contributed by atoms with Gasteiger partial charge in [-0.3, -0.25) is 9.59 Å². The molecule has 3 aliphatic rings. The highest BCUT2D eigenvalue weighted by atomic mass is 35.5. The van der Waals surface area contributed by atoms with Crippen molar-refractivity contribution >= 4 is 29.5 Å². The number of hydrogen-bond donors (Lipinski definition) is 1. The highest BCUT2D eigenvalue weighted by Gasteiger charge is 2.58. The summed E-state index contributed by atoms with van der Waals surface area (Å²) in [5.74, 6) is -0.622. The molecule has 7 nitrogen and oxygen atoms in total. The SMILES string of the molecule is CCOC(=O)N1CCC(NC(=O)[C@@H]2CC23CCN(C(=O)c2ccc(F)c(Cl)c2)CC3)CC1. The summed E-state index contributed by atoms with van der Waals surface area (Å²) in [5.41, 5.74) is 0.360. The molecule has 9 heteroatoms. The molecule has 1 aliphatic carbocycles. The lowest BCUT2D eigenvalue weighted by Crippen LogP contribution is -2.47. The molecule has 1 aromatic rings. The monoisotopic (exact) mass is 465 g/mol. The average Bonchev–Trinajstić information content (AvgIpc) is 3.49. The van der Waals surface area contributed by atoms with Crippen LogP contribution in [0.2, 0.25) is 5.02 Å². The Morgan fingerprint density at radius 3 is 2.47 bits per heavy atom. The molecule has 3 fully saturated rings. The van der Waals surface area contributed by atoms with Gasteiger partial charge in [0.2, 0.25) is 5.91 Å². The van der Waals surface area contributed by atoms with Crippen LogP contribution in [0.1, 0.15) is 49.4 Å². The molecule has 1 saturated carbocycles. The normalized spacial score (nSPS) is 22.5. The Hall–Kier alpha value is -2.35. The standard InChI is InChI=1S/C23H29ClFN3O4/c1-2-32-22(31)28-9-5-16(6-10-28)26-20(29)17-14-23(17)7-11-27(12-8-23)21(30)15-3-4-19(25)18(24)13-15/h3-4,13,16-17H,2,5-12,14H2,1H3,(H,26,29)/t17-/m0/s1. The first kappa shape index (κ1) is 22.8. The molecule has 2 aliphatic heterocycles. The van der Waals surface area contributed by atoms with Crippen LogP contribution in [0, 0.1) is 17.2 Å². The lowest BCUT2D eigenvalue weighted by molar-refractivity contribution is -0.124. The summed E-state index contributed by atoms with van der Waals surface area (Å²) in [4.78, 5) is 40.8. The summed E-state index contributed by atoms with van der Waals surface area (Å²) in [5, 5.41) is 3.11. The van der Waals surface area contributed by atoms with E-state index >= 15 is 0 Å². The first-order valence-electron chi connectivity index (χ1n) is 11.3. The molecule has 2 heterocycles. The number of halogens is 2. The van der Waals surface area contributed by atoms with Gasteiger partial charge in [0.1, 0.15) is 5.82 Å². The van der Waals surface area contributed by atoms with Crippen molar-refractivity contribution in [2.75, 3.05) is 32.8 Å². The number of likely N-dealkylation sites (tertiary alicyclic amines) is 2. The van der Waals surface area contributed by atoms with E-state index in [0.717, 1.165) is 32.1 Å². The zero-order valence-electron chi connectivity index (χ0n) is 18.2. The summed E-state index contributed by atoms with van der Waals surface area (Å²) >= 11 is 5.81. The smallest absolute Gasteiger partial charge is 0.409 e. The Labute approximate surface area is 192 Å². The number of piperidine rings is 2. The maximum Gasteiger partial charge on any atom is 0.409 e. The Bertz CT molecular complexity index is 895. The largest absolute Gasteiger partial charge is 0.450 e. The molecule has 0 aromatic heterocycles. The van der Waals surface area contributed by atoms with Crippen molar-refractivity contribution in [2.24, 2.45) is 11.3 Å². The third-order valence-corrected chi connectivity index (χ3v) is 7.38. The average molecular weight is 466 g/mol. The van der Waals surface area contributed by atoms with Crippen molar-refractivity contribution < 1.29 is 23.5 Å². The highest BCUT2D eigenvalue weighted by molar-refractivity contribution is 6.31. The quantitative estimate of drug-likeness (QED) is 0.738. The summed E-state index contributed by atoms with van der Waals surface area (Å²) in [6, 6.07) is 4.11. The van der Waals surface area contributed by atoms with Crippen LogP contribution in [0.15, 0.2) is 18.2 Å². The Balaban J connectivity index is 1.23. The van der Waals surface area contributed by atoms with E-state index in [1.54, 1.807) is 16.7 Å². The Morgan fingerprint density at radius 1 is 1.16 bits per heavy atom. The number of amides is 3. The van der Waals surface area contributed by atoms with Gasteiger partial charge in [-0.2, -0.15) is 0 Å². The number of nitrogens with one attached hydrogen (secondary N) is 1. The molecule has 4 rings (SSSR count). The second-order valence-corrected chi connectivity index (χ2v) is 9.42. The predicted octanol–water partition coefficient (Wildman–Crippen LogP) is 3.46. The number of ether oxygens (including phenoxy) is 1. The van der Waals surface area contributed by atoms with Gasteiger partial charge in [-0.05, 0) is 62.6 Å². The highest BCUT2D eigenvalue weighted by Crippen LogP contribution is 2.59. The van der Waals surface area contributed by atoms with Gasteiger partial charge in [0.05, 0.1) is 11.6 Å². The molecule has 0 unspecified atom stereocenters. The van der Waals surface area contributed by atoms with Gasteiger partial charge < -0.3 is 19.9 Å². The molecule has 3 amide bonds. The van der Waals surface area contributed by atoms with Crippen LogP contribution < -0.4 is 5.32 Å². The first-order valence-corrected chi connectivity index (χ1v) is 11.7. The Morgan fingerprint density at radius 2 is 1.84 bits per heavy atom. The fraction of sp³-hybridized carbons (Fsp3) is 0.609. The van der Waals surface area contributed by atoms with Gasteiger partial charge in [-0.25, -0.2) is 9.18 Å². The van der Waals surface area contributed by atoms with E-state index in [9.17, 15) is 18.8 Å². The number of nitrogens with zero attached hydrogens (tertiary/aromatic N) is 2. The fourth-order valence-corrected chi connectivity index (χ4v) is 5.14. The molecule has 2 saturated heterocycles. The van der Waals surface area contributed by atoms with Crippen LogP contribution >= 0.6 is 11.6 Å². The van der Waals surface area contributed by atoms with Gasteiger partial charge in [0.15, 0.2) is 0 Å². The van der Waals surface area contributed by atoms with E-state index in [4.69, 9.17) is 16.3 Å². The molecule has 1 spiro atoms. The van der Waals surface area contributed by atoms with Crippen molar-refractivity contribution in [1.29, 1.82) is 0 Å². The number of benzene rings is 1. The van der Waals surface area contributed by atoms with Gasteiger partial charge in [0, 0.05) is 43.7 Å². The van der Waals surface area contributed by atoms with E-state index in [2.05, 4.69) is 5.32 Å². The van der Waals surface area contributed by atoms with Gasteiger partial charge >= 0.3 is 6.09 Å². The third-order valence-electron chi connectivity index (χ3n) is 7.09. The molecular weight excluding hydrogens is 437 g/mol. The fourth-order valence-electron chi connectivity index (χ4n) is 4.96. The second kappa shape index (κ2) is 9.25. The van der Waals surface area contributed by atoms with E-state index in [1.165, 1.54) is 18.2 Å². The van der Waals surface area contributed by atoms with Gasteiger partial charge in [-0.1, -0.05) is 11.6 Å². The van der Waals surface area contributed by atoms with Crippen LogP contribution in [0.3, 0.4) is 0 Å².